The quantitative estimate of drug-likeness (QED) is 0.327. The van der Waals surface area contributed by atoms with Crippen molar-refractivity contribution >= 4 is 44.9 Å². The van der Waals surface area contributed by atoms with Gasteiger partial charge in [-0.3, -0.25) is 4.79 Å². The van der Waals surface area contributed by atoms with Gasteiger partial charge in [-0.25, -0.2) is 15.0 Å². The lowest BCUT2D eigenvalue weighted by molar-refractivity contribution is -0.121. The summed E-state index contributed by atoms with van der Waals surface area (Å²) in [6.45, 7) is -0.0498. The summed E-state index contributed by atoms with van der Waals surface area (Å²) in [5.74, 6) is 0.832. The van der Waals surface area contributed by atoms with Gasteiger partial charge >= 0.3 is 0 Å². The number of rotatable bonds is 6. The van der Waals surface area contributed by atoms with Gasteiger partial charge in [0.25, 0.3) is 5.91 Å². The van der Waals surface area contributed by atoms with Crippen molar-refractivity contribution in [3.05, 3.63) is 52.5 Å². The van der Waals surface area contributed by atoms with Crippen LogP contribution in [0, 0.1) is 0 Å². The van der Waals surface area contributed by atoms with E-state index in [1.165, 1.54) is 6.21 Å². The highest BCUT2D eigenvalue weighted by atomic mass is 79.9. The molecule has 0 spiro atoms. The molecule has 0 aliphatic heterocycles. The zero-order valence-corrected chi connectivity index (χ0v) is 17.3. The summed E-state index contributed by atoms with van der Waals surface area (Å²) in [7, 11) is 1.59. The molecule has 152 valence electrons. The molecule has 0 fully saturated rings. The van der Waals surface area contributed by atoms with Crippen molar-refractivity contribution < 1.29 is 14.2 Å². The smallest absolute Gasteiger partial charge is 0.260 e. The SMILES string of the molecule is COc1ccc(C=NNC(=O)Cn2c(-c3nonc3N)nc3ccccc32)cc1Br. The second-order valence-electron chi connectivity index (χ2n) is 6.20. The molecule has 0 radical (unpaired) electrons. The molecule has 1 amide bonds. The van der Waals surface area contributed by atoms with Gasteiger partial charge < -0.3 is 15.0 Å². The predicted molar refractivity (Wildman–Crippen MR) is 114 cm³/mol. The number of methoxy groups -OCH3 is 1. The van der Waals surface area contributed by atoms with Crippen molar-refractivity contribution in [2.75, 3.05) is 12.8 Å². The number of nitrogens with zero attached hydrogens (tertiary/aromatic N) is 5. The van der Waals surface area contributed by atoms with Crippen LogP contribution in [-0.4, -0.2) is 39.1 Å². The van der Waals surface area contributed by atoms with Gasteiger partial charge in [-0.2, -0.15) is 5.10 Å². The van der Waals surface area contributed by atoms with E-state index in [2.05, 4.69) is 46.4 Å². The van der Waals surface area contributed by atoms with Gasteiger partial charge in [-0.15, -0.1) is 0 Å². The van der Waals surface area contributed by atoms with Crippen molar-refractivity contribution in [2.45, 2.75) is 6.54 Å². The Balaban J connectivity index is 1.55. The van der Waals surface area contributed by atoms with Crippen molar-refractivity contribution in [1.82, 2.24) is 25.3 Å². The van der Waals surface area contributed by atoms with E-state index in [9.17, 15) is 4.79 Å². The van der Waals surface area contributed by atoms with Gasteiger partial charge in [0.1, 0.15) is 12.3 Å². The summed E-state index contributed by atoms with van der Waals surface area (Å²) >= 11 is 3.41. The molecule has 4 rings (SSSR count). The summed E-state index contributed by atoms with van der Waals surface area (Å²) < 4.78 is 12.3. The third-order valence-electron chi connectivity index (χ3n) is 4.26. The molecule has 0 aliphatic carbocycles. The fourth-order valence-corrected chi connectivity index (χ4v) is 3.45. The van der Waals surface area contributed by atoms with Crippen molar-refractivity contribution in [3.8, 4) is 17.3 Å². The Morgan fingerprint density at radius 3 is 2.90 bits per heavy atom. The normalized spacial score (nSPS) is 11.3. The molecule has 2 aromatic carbocycles. The van der Waals surface area contributed by atoms with Crippen LogP contribution in [0.25, 0.3) is 22.6 Å². The summed E-state index contributed by atoms with van der Waals surface area (Å²) in [4.78, 5) is 17.0. The number of hydrogen-bond acceptors (Lipinski definition) is 8. The number of halogens is 1. The number of para-hydroxylation sites is 2. The number of imidazole rings is 1. The third-order valence-corrected chi connectivity index (χ3v) is 4.88. The standard InChI is InChI=1S/C19H16BrN7O3/c1-29-15-7-6-11(8-12(15)20)9-22-24-16(28)10-27-14-5-3-2-4-13(14)23-19(27)17-18(21)26-30-25-17/h2-9H,10H2,1H3,(H2,21,26)(H,24,28). The van der Waals surface area contributed by atoms with Crippen LogP contribution in [0.3, 0.4) is 0 Å². The molecule has 0 saturated heterocycles. The number of benzene rings is 2. The van der Waals surface area contributed by atoms with Gasteiger partial charge in [0.15, 0.2) is 17.3 Å². The number of nitrogens with two attached hydrogens (primary N) is 1. The highest BCUT2D eigenvalue weighted by Crippen LogP contribution is 2.26. The van der Waals surface area contributed by atoms with Crippen LogP contribution < -0.4 is 15.9 Å². The average Bonchev–Trinajstić information content (AvgIpc) is 3.31. The number of amides is 1. The Bertz CT molecular complexity index is 1250. The Kier molecular flexibility index (Phi) is 5.44. The fourth-order valence-electron chi connectivity index (χ4n) is 2.89. The number of aromatic nitrogens is 4. The Morgan fingerprint density at radius 2 is 2.17 bits per heavy atom. The van der Waals surface area contributed by atoms with Gasteiger partial charge in [0.2, 0.25) is 0 Å². The lowest BCUT2D eigenvalue weighted by Gasteiger charge is -2.07. The molecule has 3 N–H and O–H groups in total. The topological polar surface area (TPSA) is 133 Å². The number of nitrogen functional groups attached to an aromatic ring is 1. The number of ether oxygens (including phenoxy) is 1. The second-order valence-corrected chi connectivity index (χ2v) is 7.05. The lowest BCUT2D eigenvalue weighted by Crippen LogP contribution is -2.23. The first kappa shape index (κ1) is 19.6. The molecule has 0 aliphatic rings. The molecule has 2 heterocycles. The van der Waals surface area contributed by atoms with Crippen LogP contribution in [0.4, 0.5) is 5.82 Å². The van der Waals surface area contributed by atoms with E-state index in [0.29, 0.717) is 17.1 Å². The molecule has 30 heavy (non-hydrogen) atoms. The van der Waals surface area contributed by atoms with E-state index in [0.717, 1.165) is 15.6 Å². The monoisotopic (exact) mass is 469 g/mol. The van der Waals surface area contributed by atoms with Crippen LogP contribution in [0.15, 0.2) is 56.7 Å². The molecule has 4 aromatic rings. The summed E-state index contributed by atoms with van der Waals surface area (Å²) in [5.41, 5.74) is 10.8. The first-order chi connectivity index (χ1) is 14.6. The lowest BCUT2D eigenvalue weighted by atomic mass is 10.2. The minimum Gasteiger partial charge on any atom is -0.496 e. The number of fused-ring (bicyclic) bond motifs is 1. The molecular formula is C19H16BrN7O3. The summed E-state index contributed by atoms with van der Waals surface area (Å²) in [6, 6.07) is 12.8. The third kappa shape index (κ3) is 3.87. The van der Waals surface area contributed by atoms with E-state index in [4.69, 9.17) is 10.5 Å². The molecule has 11 heteroatoms. The van der Waals surface area contributed by atoms with Crippen molar-refractivity contribution in [1.29, 1.82) is 0 Å². The van der Waals surface area contributed by atoms with Gasteiger partial charge in [0.05, 0.1) is 28.8 Å². The van der Waals surface area contributed by atoms with E-state index >= 15 is 0 Å². The predicted octanol–water partition coefficient (Wildman–Crippen LogP) is 2.59. The minimum absolute atomic E-state index is 0.0498. The molecule has 2 aromatic heterocycles. The van der Waals surface area contributed by atoms with Crippen LogP contribution in [0.5, 0.6) is 5.75 Å². The Morgan fingerprint density at radius 1 is 1.33 bits per heavy atom. The zero-order valence-electron chi connectivity index (χ0n) is 15.7. The van der Waals surface area contributed by atoms with Gasteiger partial charge in [-0.1, -0.05) is 12.1 Å². The maximum atomic E-state index is 12.5. The number of carbonyl (C=O) groups is 1. The molecule has 0 unspecified atom stereocenters. The molecule has 10 nitrogen and oxygen atoms in total. The van der Waals surface area contributed by atoms with E-state index in [1.54, 1.807) is 17.7 Å². The first-order valence-electron chi connectivity index (χ1n) is 8.76. The number of hydrazone groups is 1. The largest absolute Gasteiger partial charge is 0.496 e. The van der Waals surface area contributed by atoms with E-state index in [1.807, 2.05) is 36.4 Å². The Labute approximate surface area is 178 Å². The van der Waals surface area contributed by atoms with E-state index in [-0.39, 0.29) is 24.0 Å². The highest BCUT2D eigenvalue weighted by molar-refractivity contribution is 9.10. The molecular weight excluding hydrogens is 454 g/mol. The minimum atomic E-state index is -0.349. The van der Waals surface area contributed by atoms with Crippen LogP contribution >= 0.6 is 15.9 Å². The second kappa shape index (κ2) is 8.33. The van der Waals surface area contributed by atoms with E-state index < -0.39 is 0 Å². The Hall–Kier alpha value is -3.73. The number of carbonyl (C=O) groups excluding carboxylic acids is 1. The maximum absolute atomic E-state index is 12.5. The van der Waals surface area contributed by atoms with Crippen molar-refractivity contribution in [3.63, 3.8) is 0 Å². The van der Waals surface area contributed by atoms with Gasteiger partial charge in [-0.05, 0) is 62.1 Å². The van der Waals surface area contributed by atoms with Crippen LogP contribution in [-0.2, 0) is 11.3 Å². The average molecular weight is 470 g/mol. The number of anilines is 1. The molecule has 0 atom stereocenters. The highest BCUT2D eigenvalue weighted by Gasteiger charge is 2.20. The fraction of sp³-hybridized carbons (Fsp3) is 0.105. The first-order valence-corrected chi connectivity index (χ1v) is 9.55. The summed E-state index contributed by atoms with van der Waals surface area (Å²) in [6.07, 6.45) is 1.54. The number of nitrogens with one attached hydrogen (secondary N) is 1. The van der Waals surface area contributed by atoms with Crippen LogP contribution in [0.1, 0.15) is 5.56 Å². The maximum Gasteiger partial charge on any atom is 0.260 e. The zero-order chi connectivity index (χ0) is 21.1. The summed E-state index contributed by atoms with van der Waals surface area (Å²) in [5, 5.41) is 11.4. The van der Waals surface area contributed by atoms with Crippen LogP contribution in [0.2, 0.25) is 0 Å². The number of hydrogen-bond donors (Lipinski definition) is 2. The van der Waals surface area contributed by atoms with Gasteiger partial charge in [0, 0.05) is 0 Å². The van der Waals surface area contributed by atoms with Crippen molar-refractivity contribution in [2.24, 2.45) is 5.10 Å². The molecule has 0 saturated carbocycles. The molecule has 0 bridgehead atoms.